The van der Waals surface area contributed by atoms with Gasteiger partial charge in [0.15, 0.2) is 0 Å². The second kappa shape index (κ2) is 4.96. The monoisotopic (exact) mass is 267 g/mol. The minimum absolute atomic E-state index is 0.235. The van der Waals surface area contributed by atoms with Gasteiger partial charge < -0.3 is 9.30 Å². The summed E-state index contributed by atoms with van der Waals surface area (Å²) in [6, 6.07) is 6.54. The van der Waals surface area contributed by atoms with Crippen LogP contribution in [0.1, 0.15) is 5.69 Å². The first kappa shape index (κ1) is 12.7. The smallest absolute Gasteiger partial charge is 0.215 e. The van der Waals surface area contributed by atoms with Gasteiger partial charge in [-0.25, -0.2) is 4.39 Å². The lowest BCUT2D eigenvalue weighted by atomic mass is 9.97. The van der Waals surface area contributed by atoms with Crippen LogP contribution >= 0.6 is 0 Å². The average Bonchev–Trinajstić information content (AvgIpc) is 2.73. The fourth-order valence-electron chi connectivity index (χ4n) is 1.98. The Hall–Kier alpha value is -2.37. The summed E-state index contributed by atoms with van der Waals surface area (Å²) in [4.78, 5) is 8.31. The lowest BCUT2D eigenvalue weighted by Gasteiger charge is -2.05. The zero-order chi connectivity index (χ0) is 14.1. The molecule has 6 heteroatoms. The Balaban J connectivity index is 1.80. The molecule has 0 saturated carbocycles. The third-order valence-electron chi connectivity index (χ3n) is 2.98. The maximum absolute atomic E-state index is 12.7. The second-order valence-electron chi connectivity index (χ2n) is 4.47. The molecule has 0 unspecified atom stereocenters. The lowest BCUT2D eigenvalue weighted by molar-refractivity contribution is 0.290. The van der Waals surface area contributed by atoms with E-state index in [1.165, 1.54) is 6.07 Å². The van der Waals surface area contributed by atoms with E-state index in [0.717, 1.165) is 17.2 Å². The summed E-state index contributed by atoms with van der Waals surface area (Å²) in [5.41, 5.74) is 2.08. The molecule has 0 fully saturated rings. The quantitative estimate of drug-likeness (QED) is 0.675. The van der Waals surface area contributed by atoms with Gasteiger partial charge in [0.05, 0.1) is 11.9 Å². The number of fused-ring (bicyclic) bond motifs is 1. The van der Waals surface area contributed by atoms with Crippen LogP contribution in [0.2, 0.25) is 0 Å². The van der Waals surface area contributed by atoms with Crippen molar-refractivity contribution in [3.63, 3.8) is 0 Å². The van der Waals surface area contributed by atoms with Crippen LogP contribution in [0, 0.1) is 5.82 Å². The molecule has 0 aliphatic heterocycles. The first-order valence-corrected chi connectivity index (χ1v) is 6.08. The summed E-state index contributed by atoms with van der Waals surface area (Å²) in [5, 5.41) is 0.889. The Kier molecular flexibility index (Phi) is 3.14. The van der Waals surface area contributed by atoms with Gasteiger partial charge >= 0.3 is 0 Å². The predicted molar refractivity (Wildman–Crippen MR) is 74.6 cm³/mol. The van der Waals surface area contributed by atoms with Gasteiger partial charge in [-0.3, -0.25) is 4.98 Å². The number of pyridine rings is 2. The fourth-order valence-corrected chi connectivity index (χ4v) is 1.98. The standard InChI is InChI=1S/C14H11BFN3O/c1-19-7-12(15)11-4-5-13(18-14(11)19)20-8-10-3-2-9(16)6-17-10/h2-7H,8H2,1H3. The van der Waals surface area contributed by atoms with Crippen molar-refractivity contribution in [3.05, 3.63) is 48.2 Å². The first-order valence-electron chi connectivity index (χ1n) is 6.08. The molecular formula is C14H11BFN3O. The number of aryl methyl sites for hydroxylation is 1. The van der Waals surface area contributed by atoms with Crippen LogP contribution in [0.3, 0.4) is 0 Å². The molecule has 3 rings (SSSR count). The zero-order valence-electron chi connectivity index (χ0n) is 10.9. The predicted octanol–water partition coefficient (Wildman–Crippen LogP) is 1.48. The Labute approximate surface area is 116 Å². The minimum Gasteiger partial charge on any atom is -0.471 e. The number of aromatic nitrogens is 3. The van der Waals surface area contributed by atoms with Crippen molar-refractivity contribution in [2.75, 3.05) is 0 Å². The number of nitrogens with zero attached hydrogens (tertiary/aromatic N) is 3. The summed E-state index contributed by atoms with van der Waals surface area (Å²) in [6.45, 7) is 0.235. The van der Waals surface area contributed by atoms with Gasteiger partial charge in [0.25, 0.3) is 0 Å². The summed E-state index contributed by atoms with van der Waals surface area (Å²) < 4.78 is 20.1. The molecule has 0 bridgehead atoms. The van der Waals surface area contributed by atoms with Gasteiger partial charge in [0, 0.05) is 18.5 Å². The van der Waals surface area contributed by atoms with E-state index in [-0.39, 0.29) is 12.4 Å². The topological polar surface area (TPSA) is 39.9 Å². The average molecular weight is 267 g/mol. The molecule has 0 atom stereocenters. The van der Waals surface area contributed by atoms with Crippen molar-refractivity contribution < 1.29 is 9.13 Å². The molecule has 20 heavy (non-hydrogen) atoms. The zero-order valence-corrected chi connectivity index (χ0v) is 10.9. The van der Waals surface area contributed by atoms with Gasteiger partial charge in [-0.15, -0.1) is 0 Å². The molecule has 3 heterocycles. The normalized spacial score (nSPS) is 10.9. The first-order chi connectivity index (χ1) is 9.63. The van der Waals surface area contributed by atoms with Crippen molar-refractivity contribution in [1.29, 1.82) is 0 Å². The van der Waals surface area contributed by atoms with Crippen molar-refractivity contribution in [1.82, 2.24) is 14.5 Å². The Bertz CT molecular complexity index is 755. The number of halogens is 1. The largest absolute Gasteiger partial charge is 0.471 e. The van der Waals surface area contributed by atoms with Crippen molar-refractivity contribution in [2.24, 2.45) is 7.05 Å². The molecule has 3 aromatic rings. The SMILES string of the molecule is [B]c1cn(C)c2nc(OCc3ccc(F)cn3)ccc12. The maximum atomic E-state index is 12.7. The molecule has 0 aromatic carbocycles. The van der Waals surface area contributed by atoms with E-state index in [1.54, 1.807) is 12.1 Å². The lowest BCUT2D eigenvalue weighted by Crippen LogP contribution is -2.01. The maximum Gasteiger partial charge on any atom is 0.215 e. The Morgan fingerprint density at radius 1 is 1.30 bits per heavy atom. The third-order valence-corrected chi connectivity index (χ3v) is 2.98. The third kappa shape index (κ3) is 2.36. The minimum atomic E-state index is -0.368. The van der Waals surface area contributed by atoms with E-state index in [2.05, 4.69) is 9.97 Å². The van der Waals surface area contributed by atoms with Crippen LogP contribution in [-0.2, 0) is 13.7 Å². The summed E-state index contributed by atoms with van der Waals surface area (Å²) in [6.07, 6.45) is 2.97. The van der Waals surface area contributed by atoms with Gasteiger partial charge in [-0.1, -0.05) is 5.46 Å². The fraction of sp³-hybridized carbons (Fsp3) is 0.143. The number of ether oxygens (including phenoxy) is 1. The molecule has 3 aromatic heterocycles. The van der Waals surface area contributed by atoms with Crippen LogP contribution in [0.5, 0.6) is 5.88 Å². The van der Waals surface area contributed by atoms with E-state index in [0.29, 0.717) is 17.0 Å². The molecule has 0 amide bonds. The molecule has 0 saturated heterocycles. The molecular weight excluding hydrogens is 256 g/mol. The van der Waals surface area contributed by atoms with Gasteiger partial charge in [-0.05, 0) is 24.4 Å². The van der Waals surface area contributed by atoms with E-state index in [9.17, 15) is 4.39 Å². The van der Waals surface area contributed by atoms with Gasteiger partial charge in [-0.2, -0.15) is 4.98 Å². The van der Waals surface area contributed by atoms with E-state index in [1.807, 2.05) is 23.9 Å². The van der Waals surface area contributed by atoms with Crippen LogP contribution in [0.25, 0.3) is 11.0 Å². The second-order valence-corrected chi connectivity index (χ2v) is 4.47. The molecule has 2 radical (unpaired) electrons. The van der Waals surface area contributed by atoms with Gasteiger partial charge in [0.2, 0.25) is 5.88 Å². The number of rotatable bonds is 3. The van der Waals surface area contributed by atoms with Crippen LogP contribution < -0.4 is 10.2 Å². The highest BCUT2D eigenvalue weighted by Crippen LogP contribution is 2.16. The molecule has 98 valence electrons. The van der Waals surface area contributed by atoms with Crippen molar-refractivity contribution >= 4 is 24.3 Å². The van der Waals surface area contributed by atoms with Crippen LogP contribution in [0.15, 0.2) is 36.7 Å². The van der Waals surface area contributed by atoms with Crippen molar-refractivity contribution in [2.45, 2.75) is 6.61 Å². The highest BCUT2D eigenvalue weighted by molar-refractivity contribution is 6.38. The van der Waals surface area contributed by atoms with Crippen molar-refractivity contribution in [3.8, 4) is 5.88 Å². The number of hydrogen-bond acceptors (Lipinski definition) is 3. The Morgan fingerprint density at radius 2 is 2.15 bits per heavy atom. The van der Waals surface area contributed by atoms with Crippen LogP contribution in [0.4, 0.5) is 4.39 Å². The van der Waals surface area contributed by atoms with E-state index < -0.39 is 0 Å². The summed E-state index contributed by atoms with van der Waals surface area (Å²) in [7, 11) is 7.73. The summed E-state index contributed by atoms with van der Waals surface area (Å²) >= 11 is 0. The molecule has 0 spiro atoms. The Morgan fingerprint density at radius 3 is 2.90 bits per heavy atom. The molecule has 4 nitrogen and oxygen atoms in total. The highest BCUT2D eigenvalue weighted by Gasteiger charge is 2.06. The van der Waals surface area contributed by atoms with E-state index in [4.69, 9.17) is 12.6 Å². The molecule has 0 aliphatic carbocycles. The number of hydrogen-bond donors (Lipinski definition) is 0. The van der Waals surface area contributed by atoms with Gasteiger partial charge in [0.1, 0.15) is 25.9 Å². The molecule has 0 N–H and O–H groups in total. The van der Waals surface area contributed by atoms with Crippen LogP contribution in [-0.4, -0.2) is 22.4 Å². The highest BCUT2D eigenvalue weighted by atomic mass is 19.1. The molecule has 0 aliphatic rings. The summed E-state index contributed by atoms with van der Waals surface area (Å²) in [5.74, 6) is 0.109. The van der Waals surface area contributed by atoms with E-state index >= 15 is 0 Å².